The molecule has 0 aromatic carbocycles. The Bertz CT molecular complexity index is 510. The van der Waals surface area contributed by atoms with Gasteiger partial charge >= 0.3 is 0 Å². The second-order valence-electron chi connectivity index (χ2n) is 13.2. The number of aliphatic hydroxyl groups is 2. The molecule has 0 aliphatic heterocycles. The van der Waals surface area contributed by atoms with Crippen LogP contribution >= 0.6 is 0 Å². The van der Waals surface area contributed by atoms with Crippen molar-refractivity contribution in [2.45, 2.75) is 219 Å². The monoisotopic (exact) mass is 607 g/mol. The predicted octanol–water partition coefficient (Wildman–Crippen LogP) is 12.6. The minimum absolute atomic E-state index is 0.167. The molecule has 0 aliphatic rings. The van der Waals surface area contributed by atoms with Crippen molar-refractivity contribution >= 4 is 0 Å². The van der Waals surface area contributed by atoms with Crippen LogP contribution in [0.15, 0.2) is 24.3 Å². The van der Waals surface area contributed by atoms with Crippen molar-refractivity contribution in [1.82, 2.24) is 0 Å². The summed E-state index contributed by atoms with van der Waals surface area (Å²) < 4.78 is 7.01. The molecule has 2 atom stereocenters. The Hall–Kier alpha value is -0.640. The van der Waals surface area contributed by atoms with Crippen LogP contribution < -0.4 is 0 Å². The van der Waals surface area contributed by atoms with E-state index >= 15 is 0 Å². The fourth-order valence-corrected chi connectivity index (χ4v) is 6.21. The van der Waals surface area contributed by atoms with Crippen molar-refractivity contribution in [2.24, 2.45) is 0 Å². The highest BCUT2D eigenvalue weighted by Gasteiger charge is 2.17. The SMILES string of the molecule is CCCCCCCCCCC(CCCCCCC=CCO)OC(CCCCCCC=CCO)CCCCCCCCCC. The summed E-state index contributed by atoms with van der Waals surface area (Å²) in [6, 6.07) is 0. The summed E-state index contributed by atoms with van der Waals surface area (Å²) in [4.78, 5) is 0. The molecule has 2 unspecified atom stereocenters. The van der Waals surface area contributed by atoms with Crippen molar-refractivity contribution in [3.05, 3.63) is 24.3 Å². The molecule has 0 bridgehead atoms. The van der Waals surface area contributed by atoms with Gasteiger partial charge in [0.25, 0.3) is 0 Å². The molecule has 0 rings (SSSR count). The van der Waals surface area contributed by atoms with Gasteiger partial charge in [0.2, 0.25) is 0 Å². The van der Waals surface area contributed by atoms with Crippen LogP contribution in [-0.2, 0) is 4.74 Å². The van der Waals surface area contributed by atoms with Crippen molar-refractivity contribution in [3.8, 4) is 0 Å². The zero-order valence-corrected chi connectivity index (χ0v) is 29.4. The molecule has 0 aromatic rings. The first-order chi connectivity index (χ1) is 21.3. The van der Waals surface area contributed by atoms with Gasteiger partial charge in [-0.1, -0.05) is 179 Å². The van der Waals surface area contributed by atoms with E-state index in [9.17, 15) is 0 Å². The zero-order valence-electron chi connectivity index (χ0n) is 29.4. The van der Waals surface area contributed by atoms with E-state index in [-0.39, 0.29) is 13.2 Å². The lowest BCUT2D eigenvalue weighted by molar-refractivity contribution is -0.0324. The van der Waals surface area contributed by atoms with Crippen molar-refractivity contribution < 1.29 is 14.9 Å². The highest BCUT2D eigenvalue weighted by molar-refractivity contribution is 4.81. The smallest absolute Gasteiger partial charge is 0.0612 e. The fraction of sp³-hybridized carbons (Fsp3) is 0.900. The lowest BCUT2D eigenvalue weighted by Gasteiger charge is -2.26. The molecule has 2 N–H and O–H groups in total. The number of ether oxygens (including phenoxy) is 1. The first-order valence-corrected chi connectivity index (χ1v) is 19.5. The molecule has 0 saturated heterocycles. The van der Waals surface area contributed by atoms with Crippen molar-refractivity contribution in [2.75, 3.05) is 13.2 Å². The maximum atomic E-state index is 8.92. The van der Waals surface area contributed by atoms with Crippen LogP contribution in [0.4, 0.5) is 0 Å². The lowest BCUT2D eigenvalue weighted by Crippen LogP contribution is -2.23. The van der Waals surface area contributed by atoms with Crippen molar-refractivity contribution in [3.63, 3.8) is 0 Å². The topological polar surface area (TPSA) is 49.7 Å². The number of hydrogen-bond acceptors (Lipinski definition) is 3. The molecule has 0 fully saturated rings. The average molecular weight is 607 g/mol. The second-order valence-corrected chi connectivity index (χ2v) is 13.2. The fourth-order valence-electron chi connectivity index (χ4n) is 6.21. The highest BCUT2D eigenvalue weighted by Crippen LogP contribution is 2.23. The molecular weight excluding hydrogens is 528 g/mol. The van der Waals surface area contributed by atoms with Gasteiger partial charge in [0, 0.05) is 0 Å². The zero-order chi connectivity index (χ0) is 31.3. The maximum absolute atomic E-state index is 8.92. The van der Waals surface area contributed by atoms with Crippen LogP contribution in [0, 0.1) is 0 Å². The molecule has 0 radical (unpaired) electrons. The normalized spacial score (nSPS) is 13.5. The summed E-state index contributed by atoms with van der Waals surface area (Å²) in [5.74, 6) is 0. The van der Waals surface area contributed by atoms with Gasteiger partial charge in [-0.2, -0.15) is 0 Å². The molecule has 0 saturated carbocycles. The molecule has 256 valence electrons. The van der Waals surface area contributed by atoms with Gasteiger partial charge in [0.15, 0.2) is 0 Å². The molecular formula is C40H78O3. The Morgan fingerprint density at radius 3 is 0.953 bits per heavy atom. The molecule has 0 aromatic heterocycles. The Kier molecular flexibility index (Phi) is 37.0. The molecule has 0 spiro atoms. The average Bonchev–Trinajstić information content (AvgIpc) is 3.01. The van der Waals surface area contributed by atoms with Crippen molar-refractivity contribution in [1.29, 1.82) is 0 Å². The summed E-state index contributed by atoms with van der Waals surface area (Å²) in [5, 5.41) is 17.8. The van der Waals surface area contributed by atoms with E-state index in [1.54, 1.807) is 0 Å². The van der Waals surface area contributed by atoms with E-state index in [1.807, 2.05) is 12.2 Å². The Labute approximate surface area is 270 Å². The first kappa shape index (κ1) is 42.4. The number of hydrogen-bond donors (Lipinski definition) is 2. The van der Waals surface area contributed by atoms with E-state index in [2.05, 4.69) is 26.0 Å². The molecule has 3 heteroatoms. The third kappa shape index (κ3) is 34.1. The van der Waals surface area contributed by atoms with Gasteiger partial charge in [-0.15, -0.1) is 0 Å². The quantitative estimate of drug-likeness (QED) is 0.0551. The van der Waals surface area contributed by atoms with Gasteiger partial charge in [-0.05, 0) is 51.4 Å². The van der Waals surface area contributed by atoms with Gasteiger partial charge in [0.1, 0.15) is 0 Å². The lowest BCUT2D eigenvalue weighted by atomic mass is 9.99. The van der Waals surface area contributed by atoms with E-state index in [4.69, 9.17) is 14.9 Å². The van der Waals surface area contributed by atoms with E-state index < -0.39 is 0 Å². The standard InChI is InChI=1S/C40H78O3/c1-3-5-7-9-11-15-21-27-33-39(35-29-23-17-13-19-25-31-37-41)43-40(34-28-22-16-12-10-8-6-4-2)36-30-24-18-14-20-26-32-38-42/h25-26,31-32,39-42H,3-24,27-30,33-38H2,1-2H3. The van der Waals surface area contributed by atoms with E-state index in [0.717, 1.165) is 12.8 Å². The van der Waals surface area contributed by atoms with Crippen LogP contribution in [0.5, 0.6) is 0 Å². The van der Waals surface area contributed by atoms with Crippen LogP contribution in [0.1, 0.15) is 206 Å². The first-order valence-electron chi connectivity index (χ1n) is 19.5. The third-order valence-corrected chi connectivity index (χ3v) is 8.98. The van der Waals surface area contributed by atoms with Gasteiger partial charge in [-0.3, -0.25) is 0 Å². The largest absolute Gasteiger partial charge is 0.392 e. The van der Waals surface area contributed by atoms with Gasteiger partial charge in [-0.25, -0.2) is 0 Å². The van der Waals surface area contributed by atoms with E-state index in [1.165, 1.54) is 180 Å². The number of rotatable bonds is 36. The van der Waals surface area contributed by atoms with Gasteiger partial charge in [0.05, 0.1) is 25.4 Å². The van der Waals surface area contributed by atoms with E-state index in [0.29, 0.717) is 12.2 Å². The molecule has 0 aliphatic carbocycles. The highest BCUT2D eigenvalue weighted by atomic mass is 16.5. The molecule has 43 heavy (non-hydrogen) atoms. The summed E-state index contributed by atoms with van der Waals surface area (Å²) in [5.41, 5.74) is 0. The summed E-state index contributed by atoms with van der Waals surface area (Å²) >= 11 is 0. The molecule has 0 heterocycles. The maximum Gasteiger partial charge on any atom is 0.0612 e. The van der Waals surface area contributed by atoms with Crippen LogP contribution in [-0.4, -0.2) is 35.6 Å². The second kappa shape index (κ2) is 37.5. The number of allylic oxidation sites excluding steroid dienone is 2. The Morgan fingerprint density at radius 1 is 0.372 bits per heavy atom. The number of unbranched alkanes of at least 4 members (excludes halogenated alkanes) is 22. The Balaban J connectivity index is 4.73. The minimum Gasteiger partial charge on any atom is -0.392 e. The van der Waals surface area contributed by atoms with Crippen LogP contribution in [0.3, 0.4) is 0 Å². The Morgan fingerprint density at radius 2 is 0.651 bits per heavy atom. The van der Waals surface area contributed by atoms with Crippen LogP contribution in [0.2, 0.25) is 0 Å². The summed E-state index contributed by atoms with van der Waals surface area (Å²) in [7, 11) is 0. The number of aliphatic hydroxyl groups excluding tert-OH is 2. The summed E-state index contributed by atoms with van der Waals surface area (Å²) in [6.45, 7) is 4.93. The third-order valence-electron chi connectivity index (χ3n) is 8.98. The minimum atomic E-state index is 0.167. The molecule has 3 nitrogen and oxygen atoms in total. The van der Waals surface area contributed by atoms with Crippen LogP contribution in [0.25, 0.3) is 0 Å². The predicted molar refractivity (Wildman–Crippen MR) is 191 cm³/mol. The summed E-state index contributed by atoms with van der Waals surface area (Å²) in [6.07, 6.45) is 48.4. The molecule has 0 amide bonds. The van der Waals surface area contributed by atoms with Gasteiger partial charge < -0.3 is 14.9 Å².